The minimum absolute atomic E-state index is 0.0390. The highest BCUT2D eigenvalue weighted by Crippen LogP contribution is 2.32. The second kappa shape index (κ2) is 10.6. The van der Waals surface area contributed by atoms with Gasteiger partial charge >= 0.3 is 5.97 Å². The van der Waals surface area contributed by atoms with Gasteiger partial charge in [-0.1, -0.05) is 50.2 Å². The number of carboxylic acids is 1. The molecule has 0 spiro atoms. The summed E-state index contributed by atoms with van der Waals surface area (Å²) >= 11 is 0. The monoisotopic (exact) mass is 495 g/mol. The number of rotatable bonds is 7. The van der Waals surface area contributed by atoms with Gasteiger partial charge < -0.3 is 15.0 Å². The van der Waals surface area contributed by atoms with Crippen LogP contribution in [0.15, 0.2) is 79.0 Å². The van der Waals surface area contributed by atoms with E-state index < -0.39 is 5.97 Å². The standard InChI is InChI=1S/C31H33N3O3/c1-21(2)30(35)32-26-8-6-7-23(17-26)22-13-15-33(16-14-22)19-25-20-34(27-9-4-3-5-10-27)29-18-24(31(36)37)11-12-28(25)29/h3-12,17-18,20-22H,13-16,19H2,1-2H3,(H,32,35)(H,36,37). The predicted molar refractivity (Wildman–Crippen MR) is 147 cm³/mol. The van der Waals surface area contributed by atoms with Crippen molar-refractivity contribution in [1.82, 2.24) is 9.47 Å². The molecule has 1 saturated heterocycles. The number of aromatic nitrogens is 1. The zero-order chi connectivity index (χ0) is 25.9. The molecule has 37 heavy (non-hydrogen) atoms. The van der Waals surface area contributed by atoms with E-state index in [2.05, 4.69) is 33.1 Å². The third-order valence-corrected chi connectivity index (χ3v) is 7.30. The number of carboxylic acid groups (broad SMARTS) is 1. The highest BCUT2D eigenvalue weighted by atomic mass is 16.4. The Morgan fingerprint density at radius 2 is 1.73 bits per heavy atom. The van der Waals surface area contributed by atoms with Gasteiger partial charge in [0, 0.05) is 35.4 Å². The molecule has 0 saturated carbocycles. The number of anilines is 1. The minimum Gasteiger partial charge on any atom is -0.478 e. The van der Waals surface area contributed by atoms with Crippen LogP contribution in [0.5, 0.6) is 0 Å². The van der Waals surface area contributed by atoms with Gasteiger partial charge in [-0.3, -0.25) is 9.69 Å². The van der Waals surface area contributed by atoms with Crippen molar-refractivity contribution in [2.24, 2.45) is 5.92 Å². The maximum Gasteiger partial charge on any atom is 0.335 e. The zero-order valence-electron chi connectivity index (χ0n) is 21.4. The summed E-state index contributed by atoms with van der Waals surface area (Å²) in [5, 5.41) is 13.6. The van der Waals surface area contributed by atoms with E-state index in [0.717, 1.165) is 54.8 Å². The van der Waals surface area contributed by atoms with Crippen molar-refractivity contribution in [3.63, 3.8) is 0 Å². The van der Waals surface area contributed by atoms with Crippen LogP contribution in [0.2, 0.25) is 0 Å². The van der Waals surface area contributed by atoms with Gasteiger partial charge in [0.2, 0.25) is 5.91 Å². The van der Waals surface area contributed by atoms with Gasteiger partial charge in [-0.15, -0.1) is 0 Å². The van der Waals surface area contributed by atoms with E-state index >= 15 is 0 Å². The summed E-state index contributed by atoms with van der Waals surface area (Å²) in [5.74, 6) is -0.456. The molecule has 5 rings (SSSR count). The molecule has 0 unspecified atom stereocenters. The van der Waals surface area contributed by atoms with Gasteiger partial charge in [-0.05, 0) is 79.4 Å². The molecule has 0 radical (unpaired) electrons. The van der Waals surface area contributed by atoms with Gasteiger partial charge in [-0.2, -0.15) is 0 Å². The first kappa shape index (κ1) is 24.8. The van der Waals surface area contributed by atoms with Gasteiger partial charge in [0.25, 0.3) is 0 Å². The molecule has 4 aromatic rings. The van der Waals surface area contributed by atoms with Gasteiger partial charge in [-0.25, -0.2) is 4.79 Å². The van der Waals surface area contributed by atoms with Gasteiger partial charge in [0.15, 0.2) is 0 Å². The van der Waals surface area contributed by atoms with Gasteiger partial charge in [0.05, 0.1) is 11.1 Å². The van der Waals surface area contributed by atoms with Crippen molar-refractivity contribution >= 4 is 28.5 Å². The van der Waals surface area contributed by atoms with Crippen molar-refractivity contribution in [2.75, 3.05) is 18.4 Å². The molecule has 1 fully saturated rings. The molecule has 6 nitrogen and oxygen atoms in total. The topological polar surface area (TPSA) is 74.6 Å². The Morgan fingerprint density at radius 3 is 2.43 bits per heavy atom. The fourth-order valence-corrected chi connectivity index (χ4v) is 5.18. The quantitative estimate of drug-likeness (QED) is 0.315. The first-order valence-electron chi connectivity index (χ1n) is 12.9. The summed E-state index contributed by atoms with van der Waals surface area (Å²) in [5.41, 5.74) is 5.58. The normalized spacial score (nSPS) is 14.8. The third kappa shape index (κ3) is 5.44. The molecule has 2 heterocycles. The summed E-state index contributed by atoms with van der Waals surface area (Å²) in [4.78, 5) is 26.2. The predicted octanol–water partition coefficient (Wildman–Crippen LogP) is 6.30. The lowest BCUT2D eigenvalue weighted by atomic mass is 9.89. The first-order valence-corrected chi connectivity index (χ1v) is 12.9. The average Bonchev–Trinajstić information content (AvgIpc) is 3.27. The van der Waals surface area contributed by atoms with E-state index in [1.54, 1.807) is 12.1 Å². The van der Waals surface area contributed by atoms with E-state index in [-0.39, 0.29) is 11.8 Å². The number of nitrogens with zero attached hydrogens (tertiary/aromatic N) is 2. The summed E-state index contributed by atoms with van der Waals surface area (Å²) in [6.45, 7) is 6.59. The van der Waals surface area contributed by atoms with Crippen molar-refractivity contribution < 1.29 is 14.7 Å². The number of fused-ring (bicyclic) bond motifs is 1. The molecule has 0 atom stereocenters. The number of aromatic carboxylic acids is 1. The van der Waals surface area contributed by atoms with Crippen LogP contribution >= 0.6 is 0 Å². The molecule has 1 amide bonds. The molecule has 1 aromatic heterocycles. The molecule has 1 aliphatic heterocycles. The Kier molecular flexibility index (Phi) is 7.10. The molecule has 190 valence electrons. The molecule has 0 aliphatic carbocycles. The first-order chi connectivity index (χ1) is 17.9. The Bertz CT molecular complexity index is 1420. The van der Waals surface area contributed by atoms with E-state index in [1.165, 1.54) is 11.1 Å². The number of piperidine rings is 1. The maximum atomic E-state index is 12.1. The van der Waals surface area contributed by atoms with Crippen molar-refractivity contribution in [3.05, 3.63) is 95.7 Å². The number of para-hydroxylation sites is 1. The maximum absolute atomic E-state index is 12.1. The second-order valence-corrected chi connectivity index (χ2v) is 10.2. The summed E-state index contributed by atoms with van der Waals surface area (Å²) in [7, 11) is 0. The summed E-state index contributed by atoms with van der Waals surface area (Å²) < 4.78 is 2.10. The van der Waals surface area contributed by atoms with Crippen LogP contribution in [0.4, 0.5) is 5.69 Å². The number of amides is 1. The second-order valence-electron chi connectivity index (χ2n) is 10.2. The SMILES string of the molecule is CC(C)C(=O)Nc1cccc(C2CCN(Cc3cn(-c4ccccc4)c4cc(C(=O)O)ccc34)CC2)c1. The lowest BCUT2D eigenvalue weighted by Gasteiger charge is -2.32. The Morgan fingerprint density at radius 1 is 0.973 bits per heavy atom. The molecule has 6 heteroatoms. The van der Waals surface area contributed by atoms with Crippen LogP contribution in [-0.2, 0) is 11.3 Å². The smallest absolute Gasteiger partial charge is 0.335 e. The van der Waals surface area contributed by atoms with Crippen molar-refractivity contribution in [1.29, 1.82) is 0 Å². The van der Waals surface area contributed by atoms with Crippen molar-refractivity contribution in [3.8, 4) is 5.69 Å². The molecule has 1 aliphatic rings. The van der Waals surface area contributed by atoms with E-state index in [1.807, 2.05) is 62.4 Å². The highest BCUT2D eigenvalue weighted by molar-refractivity contribution is 5.95. The third-order valence-electron chi connectivity index (χ3n) is 7.30. The van der Waals surface area contributed by atoms with Crippen LogP contribution in [0.1, 0.15) is 54.1 Å². The van der Waals surface area contributed by atoms with Crippen LogP contribution < -0.4 is 5.32 Å². The van der Waals surface area contributed by atoms with Gasteiger partial charge in [0.1, 0.15) is 0 Å². The highest BCUT2D eigenvalue weighted by Gasteiger charge is 2.23. The van der Waals surface area contributed by atoms with E-state index in [0.29, 0.717) is 11.5 Å². The largest absolute Gasteiger partial charge is 0.478 e. The molecule has 3 aromatic carbocycles. The average molecular weight is 496 g/mol. The van der Waals surface area contributed by atoms with Crippen LogP contribution in [0.3, 0.4) is 0 Å². The molecule has 2 N–H and O–H groups in total. The van der Waals surface area contributed by atoms with Crippen LogP contribution in [0, 0.1) is 5.92 Å². The van der Waals surface area contributed by atoms with Crippen LogP contribution in [-0.4, -0.2) is 39.5 Å². The molecular formula is C31H33N3O3. The number of hydrogen-bond acceptors (Lipinski definition) is 3. The zero-order valence-corrected chi connectivity index (χ0v) is 21.4. The van der Waals surface area contributed by atoms with E-state index in [9.17, 15) is 14.7 Å². The Labute approximate surface area is 217 Å². The lowest BCUT2D eigenvalue weighted by molar-refractivity contribution is -0.118. The number of carbonyl (C=O) groups is 2. The van der Waals surface area contributed by atoms with Crippen LogP contribution in [0.25, 0.3) is 16.6 Å². The fourth-order valence-electron chi connectivity index (χ4n) is 5.18. The number of likely N-dealkylation sites (tertiary alicyclic amines) is 1. The Hall–Kier alpha value is -3.90. The van der Waals surface area contributed by atoms with E-state index in [4.69, 9.17) is 0 Å². The number of benzene rings is 3. The lowest BCUT2D eigenvalue weighted by Crippen LogP contribution is -2.32. The molecular weight excluding hydrogens is 462 g/mol. The minimum atomic E-state index is -0.917. The number of hydrogen-bond donors (Lipinski definition) is 2. The number of nitrogens with one attached hydrogen (secondary N) is 1. The summed E-state index contributed by atoms with van der Waals surface area (Å²) in [6, 6.07) is 23.7. The fraction of sp³-hybridized carbons (Fsp3) is 0.290. The number of carbonyl (C=O) groups excluding carboxylic acids is 1. The molecule has 0 bridgehead atoms. The summed E-state index contributed by atoms with van der Waals surface area (Å²) in [6.07, 6.45) is 4.27. The Balaban J connectivity index is 1.32. The van der Waals surface area contributed by atoms with Crippen molar-refractivity contribution in [2.45, 2.75) is 39.2 Å².